The molecule has 0 fully saturated rings. The predicted molar refractivity (Wildman–Crippen MR) is 68.1 cm³/mol. The van der Waals surface area contributed by atoms with Gasteiger partial charge in [-0.2, -0.15) is 18.4 Å². The van der Waals surface area contributed by atoms with Crippen LogP contribution in [0.1, 0.15) is 11.1 Å². The van der Waals surface area contributed by atoms with Gasteiger partial charge in [0, 0.05) is 0 Å². The minimum absolute atomic E-state index is 0.0300. The average molecular weight is 277 g/mol. The fourth-order valence-corrected chi connectivity index (χ4v) is 1.83. The molecular formula is C15H10F3NO. The van der Waals surface area contributed by atoms with Crippen LogP contribution in [0.4, 0.5) is 13.2 Å². The largest absolute Gasteiger partial charge is 0.497 e. The van der Waals surface area contributed by atoms with E-state index in [4.69, 9.17) is 10.00 Å². The standard InChI is InChI=1S/C15H10F3NO/c1-20-14-4-2-3-11(8-14)12-5-10(9-19)6-13(7-12)15(16,17)18/h2-8H,1H3. The highest BCUT2D eigenvalue weighted by Gasteiger charge is 2.31. The molecule has 0 saturated carbocycles. The molecule has 0 heterocycles. The Hall–Kier alpha value is -2.48. The fourth-order valence-electron chi connectivity index (χ4n) is 1.83. The van der Waals surface area contributed by atoms with Gasteiger partial charge in [0.15, 0.2) is 0 Å². The second-order valence-corrected chi connectivity index (χ2v) is 4.14. The van der Waals surface area contributed by atoms with E-state index in [1.807, 2.05) is 0 Å². The molecule has 0 unspecified atom stereocenters. The van der Waals surface area contributed by atoms with Gasteiger partial charge in [-0.05, 0) is 41.5 Å². The second kappa shape index (κ2) is 5.25. The molecule has 0 aromatic heterocycles. The highest BCUT2D eigenvalue weighted by Crippen LogP contribution is 2.34. The monoisotopic (exact) mass is 277 g/mol. The first-order chi connectivity index (χ1) is 9.44. The Morgan fingerprint density at radius 1 is 1.05 bits per heavy atom. The van der Waals surface area contributed by atoms with Crippen LogP contribution in [-0.2, 0) is 6.18 Å². The van der Waals surface area contributed by atoms with E-state index in [9.17, 15) is 13.2 Å². The molecule has 0 aliphatic carbocycles. The summed E-state index contributed by atoms with van der Waals surface area (Å²) < 4.78 is 43.5. The summed E-state index contributed by atoms with van der Waals surface area (Å²) in [6.07, 6.45) is -4.49. The maximum absolute atomic E-state index is 12.8. The van der Waals surface area contributed by atoms with Gasteiger partial charge in [-0.3, -0.25) is 0 Å². The Labute approximate surface area is 114 Å². The minimum Gasteiger partial charge on any atom is -0.497 e. The van der Waals surface area contributed by atoms with Crippen molar-refractivity contribution >= 4 is 0 Å². The van der Waals surface area contributed by atoms with Crippen molar-refractivity contribution in [2.45, 2.75) is 6.18 Å². The van der Waals surface area contributed by atoms with Crippen LogP contribution in [0.5, 0.6) is 5.75 Å². The molecule has 102 valence electrons. The van der Waals surface area contributed by atoms with Crippen molar-refractivity contribution in [2.75, 3.05) is 7.11 Å². The number of ether oxygens (including phenoxy) is 1. The molecule has 2 rings (SSSR count). The SMILES string of the molecule is COc1cccc(-c2cc(C#N)cc(C(F)(F)F)c2)c1. The van der Waals surface area contributed by atoms with Crippen LogP contribution in [0.25, 0.3) is 11.1 Å². The maximum Gasteiger partial charge on any atom is 0.416 e. The lowest BCUT2D eigenvalue weighted by Crippen LogP contribution is -2.05. The van der Waals surface area contributed by atoms with E-state index in [1.54, 1.807) is 30.3 Å². The van der Waals surface area contributed by atoms with Gasteiger partial charge in [-0.15, -0.1) is 0 Å². The first-order valence-electron chi connectivity index (χ1n) is 5.71. The van der Waals surface area contributed by atoms with Crippen molar-refractivity contribution in [1.29, 1.82) is 5.26 Å². The molecule has 0 aliphatic rings. The predicted octanol–water partition coefficient (Wildman–Crippen LogP) is 4.25. The van der Waals surface area contributed by atoms with Crippen molar-refractivity contribution in [3.8, 4) is 22.9 Å². The Balaban J connectivity index is 2.59. The number of hydrogen-bond acceptors (Lipinski definition) is 2. The Morgan fingerprint density at radius 3 is 2.40 bits per heavy atom. The first-order valence-corrected chi connectivity index (χ1v) is 5.71. The first kappa shape index (κ1) is 13.9. The third-order valence-corrected chi connectivity index (χ3v) is 2.79. The smallest absolute Gasteiger partial charge is 0.416 e. The molecule has 0 bridgehead atoms. The number of hydrogen-bond donors (Lipinski definition) is 0. The number of alkyl halides is 3. The van der Waals surface area contributed by atoms with Crippen molar-refractivity contribution in [1.82, 2.24) is 0 Å². The van der Waals surface area contributed by atoms with Gasteiger partial charge in [-0.1, -0.05) is 12.1 Å². The zero-order valence-electron chi connectivity index (χ0n) is 10.5. The molecule has 0 aliphatic heterocycles. The zero-order valence-corrected chi connectivity index (χ0v) is 10.5. The van der Waals surface area contributed by atoms with Crippen LogP contribution in [-0.4, -0.2) is 7.11 Å². The molecule has 2 nitrogen and oxygen atoms in total. The van der Waals surface area contributed by atoms with Crippen molar-refractivity contribution in [3.05, 3.63) is 53.6 Å². The number of benzene rings is 2. The van der Waals surface area contributed by atoms with E-state index in [0.29, 0.717) is 16.9 Å². The number of nitrogens with zero attached hydrogens (tertiary/aromatic N) is 1. The summed E-state index contributed by atoms with van der Waals surface area (Å²) in [6, 6.07) is 11.7. The van der Waals surface area contributed by atoms with Gasteiger partial charge in [0.05, 0.1) is 24.3 Å². The van der Waals surface area contributed by atoms with E-state index in [1.165, 1.54) is 13.2 Å². The van der Waals surface area contributed by atoms with Crippen LogP contribution in [0.2, 0.25) is 0 Å². The number of nitriles is 1. The lowest BCUT2D eigenvalue weighted by Gasteiger charge is -2.10. The number of methoxy groups -OCH3 is 1. The van der Waals surface area contributed by atoms with Gasteiger partial charge in [0.2, 0.25) is 0 Å². The van der Waals surface area contributed by atoms with E-state index < -0.39 is 11.7 Å². The molecule has 0 saturated heterocycles. The van der Waals surface area contributed by atoms with Crippen LogP contribution in [0.15, 0.2) is 42.5 Å². The minimum atomic E-state index is -4.49. The lowest BCUT2D eigenvalue weighted by molar-refractivity contribution is -0.137. The summed E-state index contributed by atoms with van der Waals surface area (Å²) in [4.78, 5) is 0. The quantitative estimate of drug-likeness (QED) is 0.822. The molecule has 2 aromatic rings. The number of rotatable bonds is 2. The highest BCUT2D eigenvalue weighted by molar-refractivity contribution is 5.68. The highest BCUT2D eigenvalue weighted by atomic mass is 19.4. The summed E-state index contributed by atoms with van der Waals surface area (Å²) in [5, 5.41) is 8.86. The number of halogens is 3. The molecule has 0 spiro atoms. The second-order valence-electron chi connectivity index (χ2n) is 4.14. The van der Waals surface area contributed by atoms with Crippen LogP contribution >= 0.6 is 0 Å². The lowest BCUT2D eigenvalue weighted by atomic mass is 9.99. The molecule has 0 amide bonds. The summed E-state index contributed by atoms with van der Waals surface area (Å²) in [5.41, 5.74) is 0.0224. The topological polar surface area (TPSA) is 33.0 Å². The molecule has 20 heavy (non-hydrogen) atoms. The third-order valence-electron chi connectivity index (χ3n) is 2.79. The van der Waals surface area contributed by atoms with Gasteiger partial charge in [0.25, 0.3) is 0 Å². The van der Waals surface area contributed by atoms with Gasteiger partial charge in [-0.25, -0.2) is 0 Å². The molecule has 0 N–H and O–H groups in total. The average Bonchev–Trinajstić information content (AvgIpc) is 2.46. The zero-order chi connectivity index (χ0) is 14.8. The normalized spacial score (nSPS) is 10.9. The molecule has 0 radical (unpaired) electrons. The van der Waals surface area contributed by atoms with E-state index >= 15 is 0 Å². The fraction of sp³-hybridized carbons (Fsp3) is 0.133. The van der Waals surface area contributed by atoms with Crippen LogP contribution in [0, 0.1) is 11.3 Å². The molecule has 0 atom stereocenters. The summed E-state index contributed by atoms with van der Waals surface area (Å²) >= 11 is 0. The third kappa shape index (κ3) is 2.91. The summed E-state index contributed by atoms with van der Waals surface area (Å²) in [5.74, 6) is 0.540. The Morgan fingerprint density at radius 2 is 1.80 bits per heavy atom. The Bertz CT molecular complexity index is 672. The molecule has 5 heteroatoms. The van der Waals surface area contributed by atoms with Crippen molar-refractivity contribution in [3.63, 3.8) is 0 Å². The van der Waals surface area contributed by atoms with Crippen molar-refractivity contribution in [2.24, 2.45) is 0 Å². The van der Waals surface area contributed by atoms with Crippen molar-refractivity contribution < 1.29 is 17.9 Å². The molecular weight excluding hydrogens is 267 g/mol. The van der Waals surface area contributed by atoms with Gasteiger partial charge < -0.3 is 4.74 Å². The van der Waals surface area contributed by atoms with E-state index in [-0.39, 0.29) is 5.56 Å². The van der Waals surface area contributed by atoms with Crippen LogP contribution < -0.4 is 4.74 Å². The van der Waals surface area contributed by atoms with Gasteiger partial charge >= 0.3 is 6.18 Å². The van der Waals surface area contributed by atoms with Crippen LogP contribution in [0.3, 0.4) is 0 Å². The molecule has 2 aromatic carbocycles. The Kier molecular flexibility index (Phi) is 3.66. The van der Waals surface area contributed by atoms with Gasteiger partial charge in [0.1, 0.15) is 5.75 Å². The van der Waals surface area contributed by atoms with E-state index in [2.05, 4.69) is 0 Å². The summed E-state index contributed by atoms with van der Waals surface area (Å²) in [6.45, 7) is 0. The summed E-state index contributed by atoms with van der Waals surface area (Å²) in [7, 11) is 1.48. The maximum atomic E-state index is 12.8. The van der Waals surface area contributed by atoms with E-state index in [0.717, 1.165) is 12.1 Å².